The van der Waals surface area contributed by atoms with Crippen molar-refractivity contribution in [2.24, 2.45) is 12.1 Å². The van der Waals surface area contributed by atoms with Crippen molar-refractivity contribution in [1.82, 2.24) is 9.99 Å². The van der Waals surface area contributed by atoms with E-state index in [1.807, 2.05) is 0 Å². The van der Waals surface area contributed by atoms with Crippen LogP contribution in [0.4, 0.5) is 5.69 Å². The molecule has 10 heteroatoms. The topological polar surface area (TPSA) is 125 Å². The first kappa shape index (κ1) is 20.6. The molecule has 1 N–H and O–H groups in total. The van der Waals surface area contributed by atoms with Gasteiger partial charge in [-0.15, -0.1) is 0 Å². The minimum atomic E-state index is -0.696. The zero-order valence-corrected chi connectivity index (χ0v) is 15.8. The Bertz CT molecular complexity index is 981. The molecule has 0 aliphatic carbocycles. The van der Waals surface area contributed by atoms with Gasteiger partial charge in [0.15, 0.2) is 5.75 Å². The van der Waals surface area contributed by atoms with Crippen molar-refractivity contribution in [2.45, 2.75) is 20.0 Å². The van der Waals surface area contributed by atoms with E-state index in [0.29, 0.717) is 5.56 Å². The summed E-state index contributed by atoms with van der Waals surface area (Å²) >= 11 is 0. The second-order valence-electron chi connectivity index (χ2n) is 6.03. The van der Waals surface area contributed by atoms with Crippen LogP contribution in [-0.2, 0) is 7.05 Å². The van der Waals surface area contributed by atoms with E-state index in [0.717, 1.165) is 0 Å². The molecule has 0 spiro atoms. The number of rotatable bonds is 7. The van der Waals surface area contributed by atoms with Crippen LogP contribution in [-0.4, -0.2) is 34.8 Å². The van der Waals surface area contributed by atoms with E-state index in [1.165, 1.54) is 49.3 Å². The van der Waals surface area contributed by atoms with Gasteiger partial charge in [0.25, 0.3) is 11.5 Å². The summed E-state index contributed by atoms with van der Waals surface area (Å²) in [6, 6.07) is 5.67. The van der Waals surface area contributed by atoms with Gasteiger partial charge in [0.2, 0.25) is 5.75 Å². The molecule has 0 fully saturated rings. The van der Waals surface area contributed by atoms with E-state index in [1.54, 1.807) is 19.9 Å². The molecule has 0 bridgehead atoms. The van der Waals surface area contributed by atoms with Crippen LogP contribution in [0, 0.1) is 10.1 Å². The van der Waals surface area contributed by atoms with Crippen LogP contribution in [0.5, 0.6) is 11.5 Å². The molecule has 0 radical (unpaired) electrons. The van der Waals surface area contributed by atoms with Crippen LogP contribution in [0.3, 0.4) is 0 Å². The monoisotopic (exact) mass is 388 g/mol. The Balaban J connectivity index is 2.29. The maximum absolute atomic E-state index is 12.1. The number of hydrogen-bond donors (Lipinski definition) is 1. The molecular formula is C18H20N4O6. The summed E-state index contributed by atoms with van der Waals surface area (Å²) in [6.07, 6.45) is 2.44. The van der Waals surface area contributed by atoms with Crippen LogP contribution >= 0.6 is 0 Å². The maximum Gasteiger partial charge on any atom is 0.315 e. The van der Waals surface area contributed by atoms with Crippen LogP contribution < -0.4 is 20.5 Å². The number of carbonyl (C=O) groups is 1. The number of aryl methyl sites for hydroxylation is 1. The van der Waals surface area contributed by atoms with E-state index >= 15 is 0 Å². The first-order valence-electron chi connectivity index (χ1n) is 8.26. The van der Waals surface area contributed by atoms with Gasteiger partial charge >= 0.3 is 5.69 Å². The molecule has 10 nitrogen and oxygen atoms in total. The number of hydrogen-bond acceptors (Lipinski definition) is 7. The average Bonchev–Trinajstić information content (AvgIpc) is 2.63. The van der Waals surface area contributed by atoms with E-state index < -0.39 is 16.4 Å². The van der Waals surface area contributed by atoms with Gasteiger partial charge in [0.1, 0.15) is 5.56 Å². The lowest BCUT2D eigenvalue weighted by molar-refractivity contribution is -0.386. The number of nitrogens with zero attached hydrogens (tertiary/aromatic N) is 3. The van der Waals surface area contributed by atoms with Crippen molar-refractivity contribution < 1.29 is 19.2 Å². The van der Waals surface area contributed by atoms with Crippen molar-refractivity contribution in [1.29, 1.82) is 0 Å². The minimum Gasteiger partial charge on any atom is -0.493 e. The number of aromatic nitrogens is 1. The van der Waals surface area contributed by atoms with Gasteiger partial charge in [-0.2, -0.15) is 5.10 Å². The second kappa shape index (κ2) is 8.80. The number of hydrazone groups is 1. The SMILES string of the molecule is COc1cc(/C=N\NC(=O)c2cccn(C)c2=O)cc([N+](=O)[O-])c1OC(C)C. The molecule has 0 aliphatic heterocycles. The highest BCUT2D eigenvalue weighted by Gasteiger charge is 2.23. The lowest BCUT2D eigenvalue weighted by atomic mass is 10.2. The number of benzene rings is 1. The Morgan fingerprint density at radius 3 is 2.71 bits per heavy atom. The molecular weight excluding hydrogens is 368 g/mol. The van der Waals surface area contributed by atoms with Crippen LogP contribution in [0.15, 0.2) is 40.4 Å². The lowest BCUT2D eigenvalue weighted by Gasteiger charge is -2.14. The summed E-state index contributed by atoms with van der Waals surface area (Å²) in [4.78, 5) is 34.8. The minimum absolute atomic E-state index is 0.0106. The predicted molar refractivity (Wildman–Crippen MR) is 102 cm³/mol. The molecule has 0 atom stereocenters. The standard InChI is InChI=1S/C18H20N4O6/c1-11(2)28-16-14(22(25)26)8-12(9-15(16)27-4)10-19-20-17(23)13-6-5-7-21(3)18(13)24/h5-11H,1-4H3,(H,20,23)/b19-10-. The maximum atomic E-state index is 12.1. The molecule has 1 aromatic carbocycles. The Morgan fingerprint density at radius 2 is 2.11 bits per heavy atom. The zero-order valence-electron chi connectivity index (χ0n) is 15.8. The highest BCUT2D eigenvalue weighted by Crippen LogP contribution is 2.38. The van der Waals surface area contributed by atoms with Gasteiger partial charge in [0, 0.05) is 24.9 Å². The normalized spacial score (nSPS) is 10.9. The number of ether oxygens (including phenoxy) is 2. The molecule has 1 aromatic heterocycles. The number of carbonyl (C=O) groups excluding carboxylic acids is 1. The molecule has 0 saturated carbocycles. The van der Waals surface area contributed by atoms with Crippen molar-refractivity contribution in [3.63, 3.8) is 0 Å². The van der Waals surface area contributed by atoms with Crippen LogP contribution in [0.1, 0.15) is 29.8 Å². The van der Waals surface area contributed by atoms with Crippen LogP contribution in [0.2, 0.25) is 0 Å². The van der Waals surface area contributed by atoms with Crippen molar-refractivity contribution in [3.05, 3.63) is 62.1 Å². The molecule has 1 amide bonds. The Hall–Kier alpha value is -3.69. The van der Waals surface area contributed by atoms with E-state index in [-0.39, 0.29) is 28.9 Å². The quantitative estimate of drug-likeness (QED) is 0.438. The highest BCUT2D eigenvalue weighted by molar-refractivity contribution is 5.94. The summed E-state index contributed by atoms with van der Waals surface area (Å²) in [7, 11) is 2.88. The molecule has 1 heterocycles. The fourth-order valence-corrected chi connectivity index (χ4v) is 2.32. The third kappa shape index (κ3) is 4.72. The molecule has 2 aromatic rings. The van der Waals surface area contributed by atoms with Crippen LogP contribution in [0.25, 0.3) is 0 Å². The summed E-state index contributed by atoms with van der Waals surface area (Å²) < 4.78 is 11.9. The number of nitro benzene ring substituents is 1. The summed E-state index contributed by atoms with van der Waals surface area (Å²) in [6.45, 7) is 3.48. The van der Waals surface area contributed by atoms with Crippen molar-refractivity contribution in [2.75, 3.05) is 7.11 Å². The second-order valence-corrected chi connectivity index (χ2v) is 6.03. The number of methoxy groups -OCH3 is 1. The van der Waals surface area contributed by atoms with Gasteiger partial charge in [-0.05, 0) is 32.0 Å². The molecule has 0 saturated heterocycles. The van der Waals surface area contributed by atoms with Gasteiger partial charge < -0.3 is 14.0 Å². The lowest BCUT2D eigenvalue weighted by Crippen LogP contribution is -2.29. The summed E-state index contributed by atoms with van der Waals surface area (Å²) in [5, 5.41) is 15.1. The van der Waals surface area contributed by atoms with Crippen molar-refractivity contribution >= 4 is 17.8 Å². The molecule has 28 heavy (non-hydrogen) atoms. The van der Waals surface area contributed by atoms with E-state index in [2.05, 4.69) is 10.5 Å². The van der Waals surface area contributed by atoms with E-state index in [9.17, 15) is 19.7 Å². The molecule has 148 valence electrons. The molecule has 0 unspecified atom stereocenters. The first-order chi connectivity index (χ1) is 13.2. The third-order valence-corrected chi connectivity index (χ3v) is 3.58. The molecule has 0 aliphatic rings. The van der Waals surface area contributed by atoms with Crippen molar-refractivity contribution in [3.8, 4) is 11.5 Å². The van der Waals surface area contributed by atoms with Gasteiger partial charge in [0.05, 0.1) is 24.4 Å². The smallest absolute Gasteiger partial charge is 0.315 e. The summed E-state index contributed by atoms with van der Waals surface area (Å²) in [5.41, 5.74) is 1.69. The fraction of sp³-hybridized carbons (Fsp3) is 0.278. The van der Waals surface area contributed by atoms with Gasteiger partial charge in [-0.3, -0.25) is 19.7 Å². The fourth-order valence-electron chi connectivity index (χ4n) is 2.32. The number of pyridine rings is 1. The largest absolute Gasteiger partial charge is 0.493 e. The highest BCUT2D eigenvalue weighted by atomic mass is 16.6. The van der Waals surface area contributed by atoms with E-state index in [4.69, 9.17) is 9.47 Å². The Kier molecular flexibility index (Phi) is 6.48. The number of nitrogens with one attached hydrogen (secondary N) is 1. The third-order valence-electron chi connectivity index (χ3n) is 3.58. The van der Waals surface area contributed by atoms with Gasteiger partial charge in [-0.25, -0.2) is 5.43 Å². The Labute approximate surface area is 160 Å². The predicted octanol–water partition coefficient (Wildman–Crippen LogP) is 1.85. The Morgan fingerprint density at radius 1 is 1.39 bits per heavy atom. The zero-order chi connectivity index (χ0) is 20.8. The summed E-state index contributed by atoms with van der Waals surface area (Å²) in [5.74, 6) is -0.525. The number of nitro groups is 1. The average molecular weight is 388 g/mol. The molecule has 2 rings (SSSR count). The number of amides is 1. The first-order valence-corrected chi connectivity index (χ1v) is 8.26. The van der Waals surface area contributed by atoms with Gasteiger partial charge in [-0.1, -0.05) is 0 Å².